The molecule has 0 amide bonds. The van der Waals surface area contributed by atoms with E-state index in [-0.39, 0.29) is 0 Å². The maximum atomic E-state index is 3.52. The molecule has 0 aromatic heterocycles. The lowest BCUT2D eigenvalue weighted by Gasteiger charge is -2.17. The van der Waals surface area contributed by atoms with Crippen LogP contribution in [0.2, 0.25) is 0 Å². The van der Waals surface area contributed by atoms with Gasteiger partial charge in [0.25, 0.3) is 0 Å². The molecule has 0 aliphatic carbocycles. The summed E-state index contributed by atoms with van der Waals surface area (Å²) in [6, 6.07) is 6.96. The molecule has 84 valence electrons. The van der Waals surface area contributed by atoms with Crippen LogP contribution < -0.4 is 5.32 Å². The Bertz CT molecular complexity index is 300. The van der Waals surface area contributed by atoms with Crippen LogP contribution in [0.1, 0.15) is 32.8 Å². The molecule has 0 aliphatic heterocycles. The van der Waals surface area contributed by atoms with Crippen molar-refractivity contribution in [1.29, 1.82) is 0 Å². The van der Waals surface area contributed by atoms with Crippen LogP contribution in [0.5, 0.6) is 0 Å². The van der Waals surface area contributed by atoms with Gasteiger partial charge in [0.2, 0.25) is 0 Å². The number of hydrogen-bond acceptors (Lipinski definition) is 1. The van der Waals surface area contributed by atoms with Gasteiger partial charge < -0.3 is 5.32 Å². The van der Waals surface area contributed by atoms with Crippen LogP contribution in [-0.4, -0.2) is 6.04 Å². The van der Waals surface area contributed by atoms with Gasteiger partial charge in [0.05, 0.1) is 0 Å². The highest BCUT2D eigenvalue weighted by molar-refractivity contribution is 9.10. The second-order valence-corrected chi connectivity index (χ2v) is 5.61. The lowest BCUT2D eigenvalue weighted by molar-refractivity contribution is 0.540. The maximum absolute atomic E-state index is 3.52. The number of nitrogens with one attached hydrogen (secondary N) is 1. The summed E-state index contributed by atoms with van der Waals surface area (Å²) in [6.07, 6.45) is 1.20. The molecule has 1 aromatic carbocycles. The van der Waals surface area contributed by atoms with Gasteiger partial charge in [-0.3, -0.25) is 0 Å². The van der Waals surface area contributed by atoms with Crippen molar-refractivity contribution in [2.45, 2.75) is 40.2 Å². The normalized spacial score (nSPS) is 12.9. The zero-order chi connectivity index (χ0) is 11.4. The van der Waals surface area contributed by atoms with Gasteiger partial charge in [0.15, 0.2) is 0 Å². The summed E-state index contributed by atoms with van der Waals surface area (Å²) in [5, 5.41) is 3.52. The van der Waals surface area contributed by atoms with Gasteiger partial charge in [-0.05, 0) is 49.9 Å². The summed E-state index contributed by atoms with van der Waals surface area (Å²) in [6.45, 7) is 8.86. The van der Waals surface area contributed by atoms with Crippen molar-refractivity contribution in [3.8, 4) is 0 Å². The van der Waals surface area contributed by atoms with Gasteiger partial charge in [-0.2, -0.15) is 0 Å². The maximum Gasteiger partial charge on any atom is 0.0356 e. The lowest BCUT2D eigenvalue weighted by Crippen LogP contribution is -2.17. The zero-order valence-corrected chi connectivity index (χ0v) is 11.6. The van der Waals surface area contributed by atoms with Crippen molar-refractivity contribution < 1.29 is 0 Å². The Labute approximate surface area is 101 Å². The van der Waals surface area contributed by atoms with Crippen LogP contribution in [0.4, 0.5) is 5.69 Å². The van der Waals surface area contributed by atoms with Crippen LogP contribution in [-0.2, 0) is 0 Å². The molecule has 2 heteroatoms. The topological polar surface area (TPSA) is 12.0 Å². The molecule has 0 radical (unpaired) electrons. The highest BCUT2D eigenvalue weighted by Crippen LogP contribution is 2.20. The molecule has 1 N–H and O–H groups in total. The Hall–Kier alpha value is -0.500. The van der Waals surface area contributed by atoms with Crippen molar-refractivity contribution >= 4 is 21.6 Å². The van der Waals surface area contributed by atoms with E-state index in [1.807, 2.05) is 0 Å². The molecule has 1 unspecified atom stereocenters. The Morgan fingerprint density at radius 2 is 1.87 bits per heavy atom. The smallest absolute Gasteiger partial charge is 0.0356 e. The lowest BCUT2D eigenvalue weighted by atomic mass is 10.0. The molecule has 0 heterocycles. The Kier molecular flexibility index (Phi) is 4.65. The van der Waals surface area contributed by atoms with E-state index in [2.05, 4.69) is 67.1 Å². The second-order valence-electron chi connectivity index (χ2n) is 4.69. The summed E-state index contributed by atoms with van der Waals surface area (Å²) < 4.78 is 1.14. The largest absolute Gasteiger partial charge is 0.383 e. The van der Waals surface area contributed by atoms with Crippen molar-refractivity contribution in [3.05, 3.63) is 28.2 Å². The molecule has 1 nitrogen and oxygen atoms in total. The molecule has 1 atom stereocenters. The summed E-state index contributed by atoms with van der Waals surface area (Å²) in [4.78, 5) is 0. The van der Waals surface area contributed by atoms with Gasteiger partial charge >= 0.3 is 0 Å². The Morgan fingerprint density at radius 3 is 2.40 bits per heavy atom. The molecule has 0 fully saturated rings. The highest BCUT2D eigenvalue weighted by atomic mass is 79.9. The van der Waals surface area contributed by atoms with Crippen LogP contribution in [0.3, 0.4) is 0 Å². The molecule has 1 aromatic rings. The fourth-order valence-corrected chi connectivity index (χ4v) is 2.48. The second kappa shape index (κ2) is 5.55. The summed E-state index contributed by atoms with van der Waals surface area (Å²) in [5.41, 5.74) is 2.48. The molecule has 0 spiro atoms. The van der Waals surface area contributed by atoms with E-state index in [0.717, 1.165) is 10.4 Å². The minimum Gasteiger partial charge on any atom is -0.383 e. The molecular formula is C13H20BrN. The van der Waals surface area contributed by atoms with Crippen molar-refractivity contribution in [2.75, 3.05) is 5.32 Å². The van der Waals surface area contributed by atoms with Gasteiger partial charge in [-0.1, -0.05) is 29.8 Å². The quantitative estimate of drug-likeness (QED) is 0.842. The molecule has 0 aliphatic rings. The number of anilines is 1. The number of benzene rings is 1. The number of hydrogen-bond donors (Lipinski definition) is 1. The van der Waals surface area contributed by atoms with E-state index in [9.17, 15) is 0 Å². The Balaban J connectivity index is 2.63. The van der Waals surface area contributed by atoms with Gasteiger partial charge in [0, 0.05) is 16.2 Å². The standard InChI is InChI=1S/C13H20BrN/c1-9(2)5-11(4)15-13-7-10(3)6-12(14)8-13/h6-9,11,15H,5H2,1-4H3. The molecule has 1 rings (SSSR count). The first-order valence-electron chi connectivity index (χ1n) is 5.51. The summed E-state index contributed by atoms with van der Waals surface area (Å²) in [5.74, 6) is 0.737. The summed E-state index contributed by atoms with van der Waals surface area (Å²) >= 11 is 3.51. The Morgan fingerprint density at radius 1 is 1.20 bits per heavy atom. The first-order chi connectivity index (χ1) is 6.97. The van der Waals surface area contributed by atoms with Gasteiger partial charge in [-0.25, -0.2) is 0 Å². The number of rotatable bonds is 4. The first kappa shape index (κ1) is 12.6. The van der Waals surface area contributed by atoms with Gasteiger partial charge in [0.1, 0.15) is 0 Å². The van der Waals surface area contributed by atoms with Crippen LogP contribution in [0.15, 0.2) is 22.7 Å². The minimum atomic E-state index is 0.527. The molecule has 0 saturated carbocycles. The predicted molar refractivity (Wildman–Crippen MR) is 71.4 cm³/mol. The monoisotopic (exact) mass is 269 g/mol. The molecular weight excluding hydrogens is 250 g/mol. The fraction of sp³-hybridized carbons (Fsp3) is 0.538. The van der Waals surface area contributed by atoms with Crippen LogP contribution in [0.25, 0.3) is 0 Å². The van der Waals surface area contributed by atoms with E-state index in [1.54, 1.807) is 0 Å². The zero-order valence-electron chi connectivity index (χ0n) is 9.97. The van der Waals surface area contributed by atoms with Crippen LogP contribution >= 0.6 is 15.9 Å². The molecule has 0 bridgehead atoms. The SMILES string of the molecule is Cc1cc(Br)cc(NC(C)CC(C)C)c1. The van der Waals surface area contributed by atoms with Crippen molar-refractivity contribution in [3.63, 3.8) is 0 Å². The number of aryl methyl sites for hydroxylation is 1. The number of halogens is 1. The highest BCUT2D eigenvalue weighted by Gasteiger charge is 2.05. The van der Waals surface area contributed by atoms with E-state index < -0.39 is 0 Å². The fourth-order valence-electron chi connectivity index (χ4n) is 1.87. The minimum absolute atomic E-state index is 0.527. The van der Waals surface area contributed by atoms with Crippen molar-refractivity contribution in [1.82, 2.24) is 0 Å². The molecule has 0 saturated heterocycles. The third-order valence-corrected chi connectivity index (χ3v) is 2.74. The first-order valence-corrected chi connectivity index (χ1v) is 6.30. The van der Waals surface area contributed by atoms with Crippen molar-refractivity contribution in [2.24, 2.45) is 5.92 Å². The van der Waals surface area contributed by atoms with Crippen LogP contribution in [0, 0.1) is 12.8 Å². The third-order valence-electron chi connectivity index (χ3n) is 2.28. The van der Waals surface area contributed by atoms with E-state index >= 15 is 0 Å². The van der Waals surface area contributed by atoms with E-state index in [4.69, 9.17) is 0 Å². The average molecular weight is 270 g/mol. The average Bonchev–Trinajstić information content (AvgIpc) is 1.98. The molecule has 15 heavy (non-hydrogen) atoms. The third kappa shape index (κ3) is 4.70. The van der Waals surface area contributed by atoms with E-state index in [1.165, 1.54) is 17.7 Å². The summed E-state index contributed by atoms with van der Waals surface area (Å²) in [7, 11) is 0. The van der Waals surface area contributed by atoms with Gasteiger partial charge in [-0.15, -0.1) is 0 Å². The predicted octanol–water partition coefficient (Wildman–Crippen LogP) is 4.60. The van der Waals surface area contributed by atoms with E-state index in [0.29, 0.717) is 6.04 Å².